The standard InChI is InChI=1S/C10H13ClFN/c1-3-13-7(2)8-4-5-10(12)9(11)6-8/h4-7,13H,3H2,1-2H3. The normalized spacial score (nSPS) is 12.9. The summed E-state index contributed by atoms with van der Waals surface area (Å²) in [4.78, 5) is 0. The van der Waals surface area contributed by atoms with Crippen molar-refractivity contribution in [2.45, 2.75) is 19.9 Å². The molecule has 13 heavy (non-hydrogen) atoms. The van der Waals surface area contributed by atoms with Crippen molar-refractivity contribution >= 4 is 11.6 Å². The van der Waals surface area contributed by atoms with Gasteiger partial charge in [0.2, 0.25) is 0 Å². The molecule has 1 unspecified atom stereocenters. The summed E-state index contributed by atoms with van der Waals surface area (Å²) in [6.45, 7) is 4.94. The van der Waals surface area contributed by atoms with E-state index in [4.69, 9.17) is 11.6 Å². The van der Waals surface area contributed by atoms with E-state index in [9.17, 15) is 4.39 Å². The zero-order valence-corrected chi connectivity index (χ0v) is 8.53. The van der Waals surface area contributed by atoms with Gasteiger partial charge in [-0.1, -0.05) is 24.6 Å². The van der Waals surface area contributed by atoms with Crippen LogP contribution in [0.2, 0.25) is 5.02 Å². The first kappa shape index (κ1) is 10.5. The minimum absolute atomic E-state index is 0.183. The van der Waals surface area contributed by atoms with Gasteiger partial charge < -0.3 is 5.32 Å². The topological polar surface area (TPSA) is 12.0 Å². The van der Waals surface area contributed by atoms with Crippen LogP contribution in [-0.2, 0) is 0 Å². The highest BCUT2D eigenvalue weighted by Gasteiger charge is 2.06. The Morgan fingerprint density at radius 3 is 2.77 bits per heavy atom. The summed E-state index contributed by atoms with van der Waals surface area (Å²) >= 11 is 5.66. The zero-order valence-electron chi connectivity index (χ0n) is 7.77. The number of hydrogen-bond donors (Lipinski definition) is 1. The molecule has 1 N–H and O–H groups in total. The molecule has 0 spiro atoms. The molecule has 0 bridgehead atoms. The molecule has 0 heterocycles. The van der Waals surface area contributed by atoms with Crippen molar-refractivity contribution < 1.29 is 4.39 Å². The number of benzene rings is 1. The van der Waals surface area contributed by atoms with Gasteiger partial charge in [0.25, 0.3) is 0 Å². The Balaban J connectivity index is 2.84. The van der Waals surface area contributed by atoms with E-state index in [0.29, 0.717) is 0 Å². The van der Waals surface area contributed by atoms with Crippen molar-refractivity contribution in [3.05, 3.63) is 34.6 Å². The third-order valence-electron chi connectivity index (χ3n) is 1.95. The smallest absolute Gasteiger partial charge is 0.141 e. The molecule has 0 aliphatic carbocycles. The molecule has 0 fully saturated rings. The first-order chi connectivity index (χ1) is 6.15. The largest absolute Gasteiger partial charge is 0.310 e. The van der Waals surface area contributed by atoms with E-state index in [1.807, 2.05) is 13.8 Å². The summed E-state index contributed by atoms with van der Waals surface area (Å²) in [6.07, 6.45) is 0. The van der Waals surface area contributed by atoms with Gasteiger partial charge in [0.15, 0.2) is 0 Å². The van der Waals surface area contributed by atoms with Gasteiger partial charge in [0, 0.05) is 6.04 Å². The third kappa shape index (κ3) is 2.68. The highest BCUT2D eigenvalue weighted by Crippen LogP contribution is 2.20. The quantitative estimate of drug-likeness (QED) is 0.792. The molecule has 1 aromatic carbocycles. The number of hydrogen-bond acceptors (Lipinski definition) is 1. The second-order valence-electron chi connectivity index (χ2n) is 2.95. The molecular weight excluding hydrogens is 189 g/mol. The van der Waals surface area contributed by atoms with Crippen molar-refractivity contribution in [1.29, 1.82) is 0 Å². The van der Waals surface area contributed by atoms with Gasteiger partial charge in [-0.3, -0.25) is 0 Å². The number of nitrogens with one attached hydrogen (secondary N) is 1. The van der Waals surface area contributed by atoms with Crippen molar-refractivity contribution in [3.8, 4) is 0 Å². The Kier molecular flexibility index (Phi) is 3.70. The van der Waals surface area contributed by atoms with Crippen molar-refractivity contribution in [2.24, 2.45) is 0 Å². The average molecular weight is 202 g/mol. The highest BCUT2D eigenvalue weighted by atomic mass is 35.5. The second kappa shape index (κ2) is 4.58. The van der Waals surface area contributed by atoms with Crippen LogP contribution in [0.25, 0.3) is 0 Å². The predicted octanol–water partition coefficient (Wildman–Crippen LogP) is 3.15. The lowest BCUT2D eigenvalue weighted by molar-refractivity contribution is 0.592. The molecule has 1 atom stereocenters. The predicted molar refractivity (Wildman–Crippen MR) is 53.5 cm³/mol. The molecule has 0 aliphatic rings. The Morgan fingerprint density at radius 2 is 2.23 bits per heavy atom. The van der Waals surface area contributed by atoms with Gasteiger partial charge in [-0.15, -0.1) is 0 Å². The van der Waals surface area contributed by atoms with E-state index in [1.54, 1.807) is 12.1 Å². The fourth-order valence-corrected chi connectivity index (χ4v) is 1.39. The first-order valence-electron chi connectivity index (χ1n) is 4.33. The monoisotopic (exact) mass is 201 g/mol. The minimum atomic E-state index is -0.367. The SMILES string of the molecule is CCNC(C)c1ccc(F)c(Cl)c1. The minimum Gasteiger partial charge on any atom is -0.310 e. The highest BCUT2D eigenvalue weighted by molar-refractivity contribution is 6.30. The molecule has 0 amide bonds. The van der Waals surface area contributed by atoms with Crippen LogP contribution < -0.4 is 5.32 Å². The van der Waals surface area contributed by atoms with Gasteiger partial charge in [-0.2, -0.15) is 0 Å². The molecule has 1 rings (SSSR count). The van der Waals surface area contributed by atoms with E-state index < -0.39 is 0 Å². The lowest BCUT2D eigenvalue weighted by atomic mass is 10.1. The number of rotatable bonds is 3. The van der Waals surface area contributed by atoms with Crippen LogP contribution in [0.15, 0.2) is 18.2 Å². The summed E-state index contributed by atoms with van der Waals surface area (Å²) in [5.41, 5.74) is 1.01. The summed E-state index contributed by atoms with van der Waals surface area (Å²) < 4.78 is 12.8. The van der Waals surface area contributed by atoms with Crippen LogP contribution in [-0.4, -0.2) is 6.54 Å². The lowest BCUT2D eigenvalue weighted by Crippen LogP contribution is -2.17. The third-order valence-corrected chi connectivity index (χ3v) is 2.24. The van der Waals surface area contributed by atoms with Gasteiger partial charge >= 0.3 is 0 Å². The molecule has 0 saturated heterocycles. The summed E-state index contributed by atoms with van der Waals surface area (Å²) in [7, 11) is 0. The van der Waals surface area contributed by atoms with E-state index in [1.165, 1.54) is 6.07 Å². The Bertz CT molecular complexity index is 288. The Hall–Kier alpha value is -0.600. The molecule has 72 valence electrons. The first-order valence-corrected chi connectivity index (χ1v) is 4.71. The van der Waals surface area contributed by atoms with Crippen molar-refractivity contribution in [1.82, 2.24) is 5.32 Å². The van der Waals surface area contributed by atoms with E-state index in [-0.39, 0.29) is 16.9 Å². The maximum Gasteiger partial charge on any atom is 0.141 e. The lowest BCUT2D eigenvalue weighted by Gasteiger charge is -2.12. The van der Waals surface area contributed by atoms with E-state index >= 15 is 0 Å². The van der Waals surface area contributed by atoms with Gasteiger partial charge in [-0.25, -0.2) is 4.39 Å². The fraction of sp³-hybridized carbons (Fsp3) is 0.400. The van der Waals surface area contributed by atoms with E-state index in [0.717, 1.165) is 12.1 Å². The molecule has 0 aromatic heterocycles. The Morgan fingerprint density at radius 1 is 1.54 bits per heavy atom. The molecule has 3 heteroatoms. The van der Waals surface area contributed by atoms with Gasteiger partial charge in [-0.05, 0) is 31.2 Å². The summed E-state index contributed by atoms with van der Waals surface area (Å²) in [5.74, 6) is -0.367. The maximum absolute atomic E-state index is 12.8. The van der Waals surface area contributed by atoms with Crippen LogP contribution in [0.3, 0.4) is 0 Å². The van der Waals surface area contributed by atoms with Crippen molar-refractivity contribution in [2.75, 3.05) is 6.54 Å². The van der Waals surface area contributed by atoms with Crippen LogP contribution >= 0.6 is 11.6 Å². The summed E-state index contributed by atoms with van der Waals surface area (Å²) in [6, 6.07) is 5.01. The molecular formula is C10H13ClFN. The van der Waals surface area contributed by atoms with Crippen molar-refractivity contribution in [3.63, 3.8) is 0 Å². The van der Waals surface area contributed by atoms with E-state index in [2.05, 4.69) is 5.32 Å². The number of halogens is 2. The van der Waals surface area contributed by atoms with Gasteiger partial charge in [0.1, 0.15) is 5.82 Å². The molecule has 1 aromatic rings. The molecule has 0 aliphatic heterocycles. The second-order valence-corrected chi connectivity index (χ2v) is 3.36. The van der Waals surface area contributed by atoms with Crippen LogP contribution in [0.1, 0.15) is 25.5 Å². The molecule has 0 radical (unpaired) electrons. The summed E-state index contributed by atoms with van der Waals surface area (Å²) in [5, 5.41) is 3.41. The van der Waals surface area contributed by atoms with Crippen LogP contribution in [0.5, 0.6) is 0 Å². The Labute approximate surface area is 82.9 Å². The van der Waals surface area contributed by atoms with Crippen LogP contribution in [0.4, 0.5) is 4.39 Å². The zero-order chi connectivity index (χ0) is 9.84. The van der Waals surface area contributed by atoms with Gasteiger partial charge in [0.05, 0.1) is 5.02 Å². The molecule has 0 saturated carbocycles. The fourth-order valence-electron chi connectivity index (χ4n) is 1.21. The maximum atomic E-state index is 12.8. The average Bonchev–Trinajstić information content (AvgIpc) is 2.10. The van der Waals surface area contributed by atoms with Crippen LogP contribution in [0, 0.1) is 5.82 Å². The molecule has 1 nitrogen and oxygen atoms in total.